The van der Waals surface area contributed by atoms with Gasteiger partial charge in [0.2, 0.25) is 0 Å². The molecule has 0 bridgehead atoms. The number of carbonyl (C=O) groups is 2. The molecule has 24 heavy (non-hydrogen) atoms. The lowest BCUT2D eigenvalue weighted by Gasteiger charge is -2.17. The Bertz CT molecular complexity index is 792. The number of fused-ring (bicyclic) bond motifs is 3. The molecule has 1 atom stereocenters. The first-order valence-electron chi connectivity index (χ1n) is 7.43. The number of rotatable bonds is 4. The Labute approximate surface area is 139 Å². The predicted molar refractivity (Wildman–Crippen MR) is 88.2 cm³/mol. The Morgan fingerprint density at radius 3 is 2.17 bits per heavy atom. The molecular formula is C19H15NO4. The molecule has 0 spiro atoms. The topological polar surface area (TPSA) is 75.6 Å². The highest BCUT2D eigenvalue weighted by Gasteiger charge is 2.32. The van der Waals surface area contributed by atoms with Crippen molar-refractivity contribution in [3.05, 3.63) is 59.7 Å². The van der Waals surface area contributed by atoms with Crippen LogP contribution in [0.4, 0.5) is 4.79 Å². The summed E-state index contributed by atoms with van der Waals surface area (Å²) in [4.78, 5) is 23.2. The lowest BCUT2D eigenvalue weighted by atomic mass is 10.1. The minimum atomic E-state index is -1.20. The van der Waals surface area contributed by atoms with E-state index in [9.17, 15) is 9.59 Å². The number of aliphatic carboxylic acids is 1. The summed E-state index contributed by atoms with van der Waals surface area (Å²) in [6.45, 7) is 0. The highest BCUT2D eigenvalue weighted by molar-refractivity contribution is 5.82. The molecule has 5 nitrogen and oxygen atoms in total. The van der Waals surface area contributed by atoms with E-state index in [1.807, 2.05) is 48.5 Å². The van der Waals surface area contributed by atoms with Gasteiger partial charge >= 0.3 is 12.1 Å². The monoisotopic (exact) mass is 321 g/mol. The Balaban J connectivity index is 1.84. The number of carbonyl (C=O) groups excluding carboxylic acids is 1. The van der Waals surface area contributed by atoms with E-state index in [1.54, 1.807) is 0 Å². The number of carboxylic acids is 1. The van der Waals surface area contributed by atoms with Crippen LogP contribution in [0.2, 0.25) is 0 Å². The Morgan fingerprint density at radius 1 is 1.12 bits per heavy atom. The van der Waals surface area contributed by atoms with Gasteiger partial charge in [0.1, 0.15) is 6.04 Å². The summed E-state index contributed by atoms with van der Waals surface area (Å²) in [5.41, 5.74) is 3.75. The van der Waals surface area contributed by atoms with Crippen molar-refractivity contribution in [2.45, 2.75) is 18.6 Å². The van der Waals surface area contributed by atoms with E-state index < -0.39 is 24.2 Å². The summed E-state index contributed by atoms with van der Waals surface area (Å²) in [6.07, 6.45) is 3.64. The average molecular weight is 321 g/mol. The summed E-state index contributed by atoms with van der Waals surface area (Å²) in [5, 5.41) is 11.4. The number of hydrogen-bond acceptors (Lipinski definition) is 3. The van der Waals surface area contributed by atoms with Gasteiger partial charge in [0.05, 0.1) is 0 Å². The van der Waals surface area contributed by atoms with E-state index in [4.69, 9.17) is 16.3 Å². The van der Waals surface area contributed by atoms with Gasteiger partial charge in [0.25, 0.3) is 0 Å². The molecule has 2 N–H and O–H groups in total. The zero-order chi connectivity index (χ0) is 17.1. The average Bonchev–Trinajstić information content (AvgIpc) is 2.89. The van der Waals surface area contributed by atoms with Gasteiger partial charge in [-0.25, -0.2) is 9.59 Å². The van der Waals surface area contributed by atoms with E-state index in [-0.39, 0.29) is 6.42 Å². The van der Waals surface area contributed by atoms with E-state index in [2.05, 4.69) is 11.2 Å². The standard InChI is InChI=1S/C19H15NO4/c1-2-7-16(18(21)22)20-19(23)24-17-14-10-5-3-8-12(14)13-9-4-6-11-15(13)17/h1,3-6,8-11,16-17H,7H2,(H,20,23)(H,21,22)/t16-/m1/s1. The molecule has 0 radical (unpaired) electrons. The van der Waals surface area contributed by atoms with Gasteiger partial charge in [0.15, 0.2) is 6.10 Å². The van der Waals surface area contributed by atoms with Gasteiger partial charge in [-0.1, -0.05) is 48.5 Å². The number of alkyl carbamates (subject to hydrolysis) is 1. The Hall–Kier alpha value is -3.26. The molecule has 2 aromatic carbocycles. The fourth-order valence-corrected chi connectivity index (χ4v) is 2.84. The van der Waals surface area contributed by atoms with Crippen LogP contribution < -0.4 is 5.32 Å². The van der Waals surface area contributed by atoms with Crippen LogP contribution in [0.15, 0.2) is 48.5 Å². The number of hydrogen-bond donors (Lipinski definition) is 2. The molecule has 1 aliphatic carbocycles. The minimum Gasteiger partial charge on any atom is -0.480 e. The fraction of sp³-hybridized carbons (Fsp3) is 0.158. The van der Waals surface area contributed by atoms with Crippen LogP contribution in [0.1, 0.15) is 23.7 Å². The third-order valence-electron chi connectivity index (χ3n) is 3.91. The maximum absolute atomic E-state index is 12.1. The zero-order valence-electron chi connectivity index (χ0n) is 12.7. The molecule has 0 saturated carbocycles. The quantitative estimate of drug-likeness (QED) is 0.849. The lowest BCUT2D eigenvalue weighted by molar-refractivity contribution is -0.139. The van der Waals surface area contributed by atoms with Crippen LogP contribution in [0, 0.1) is 12.3 Å². The van der Waals surface area contributed by atoms with Crippen LogP contribution in [-0.2, 0) is 9.53 Å². The van der Waals surface area contributed by atoms with E-state index >= 15 is 0 Å². The van der Waals surface area contributed by atoms with Crippen LogP contribution in [-0.4, -0.2) is 23.2 Å². The lowest BCUT2D eigenvalue weighted by Crippen LogP contribution is -2.41. The van der Waals surface area contributed by atoms with Crippen molar-refractivity contribution in [3.63, 3.8) is 0 Å². The van der Waals surface area contributed by atoms with Crippen molar-refractivity contribution in [2.75, 3.05) is 0 Å². The second kappa shape index (κ2) is 6.47. The van der Waals surface area contributed by atoms with Crippen molar-refractivity contribution < 1.29 is 19.4 Å². The summed E-state index contributed by atoms with van der Waals surface area (Å²) in [7, 11) is 0. The van der Waals surface area contributed by atoms with Crippen molar-refractivity contribution in [3.8, 4) is 23.5 Å². The first kappa shape index (κ1) is 15.6. The van der Waals surface area contributed by atoms with E-state index in [0.29, 0.717) is 0 Å². The third-order valence-corrected chi connectivity index (χ3v) is 3.91. The Kier molecular flexibility index (Phi) is 4.21. The van der Waals surface area contributed by atoms with Gasteiger partial charge in [-0.05, 0) is 11.1 Å². The second-order valence-electron chi connectivity index (χ2n) is 5.40. The van der Waals surface area contributed by atoms with Gasteiger partial charge in [-0.3, -0.25) is 0 Å². The van der Waals surface area contributed by atoms with Crippen molar-refractivity contribution >= 4 is 12.1 Å². The van der Waals surface area contributed by atoms with Crippen molar-refractivity contribution in [1.29, 1.82) is 0 Å². The van der Waals surface area contributed by atoms with E-state index in [0.717, 1.165) is 22.3 Å². The normalized spacial score (nSPS) is 13.3. The highest BCUT2D eigenvalue weighted by atomic mass is 16.6. The predicted octanol–water partition coefficient (Wildman–Crippen LogP) is 2.96. The molecule has 3 rings (SSSR count). The van der Waals surface area contributed by atoms with Crippen LogP contribution in [0.25, 0.3) is 11.1 Å². The molecule has 0 aliphatic heterocycles. The summed E-state index contributed by atoms with van der Waals surface area (Å²) in [6, 6.07) is 14.1. The van der Waals surface area contributed by atoms with Crippen LogP contribution >= 0.6 is 0 Å². The van der Waals surface area contributed by atoms with E-state index in [1.165, 1.54) is 0 Å². The molecule has 5 heteroatoms. The SMILES string of the molecule is C#CC[C@@H](NC(=O)OC1c2ccccc2-c2ccccc21)C(=O)O. The molecule has 0 unspecified atom stereocenters. The Morgan fingerprint density at radius 2 is 1.67 bits per heavy atom. The first-order valence-corrected chi connectivity index (χ1v) is 7.43. The van der Waals surface area contributed by atoms with Gasteiger partial charge < -0.3 is 15.2 Å². The molecule has 0 saturated heterocycles. The molecular weight excluding hydrogens is 306 g/mol. The van der Waals surface area contributed by atoms with Crippen LogP contribution in [0.5, 0.6) is 0 Å². The zero-order valence-corrected chi connectivity index (χ0v) is 12.7. The summed E-state index contributed by atoms with van der Waals surface area (Å²) < 4.78 is 5.51. The van der Waals surface area contributed by atoms with Gasteiger partial charge in [0, 0.05) is 17.5 Å². The molecule has 0 heterocycles. The molecule has 2 aromatic rings. The third kappa shape index (κ3) is 2.82. The van der Waals surface area contributed by atoms with Gasteiger partial charge in [-0.2, -0.15) is 0 Å². The number of nitrogens with one attached hydrogen (secondary N) is 1. The van der Waals surface area contributed by atoms with Gasteiger partial charge in [-0.15, -0.1) is 12.3 Å². The number of amides is 1. The number of benzene rings is 2. The van der Waals surface area contributed by atoms with Crippen LogP contribution in [0.3, 0.4) is 0 Å². The van der Waals surface area contributed by atoms with Crippen molar-refractivity contribution in [2.24, 2.45) is 0 Å². The smallest absolute Gasteiger partial charge is 0.408 e. The molecule has 0 fully saturated rings. The number of terminal acetylenes is 1. The number of ether oxygens (including phenoxy) is 1. The molecule has 120 valence electrons. The van der Waals surface area contributed by atoms with Crippen molar-refractivity contribution in [1.82, 2.24) is 5.32 Å². The molecule has 1 amide bonds. The minimum absolute atomic E-state index is 0.109. The maximum Gasteiger partial charge on any atom is 0.408 e. The maximum atomic E-state index is 12.1. The fourth-order valence-electron chi connectivity index (χ4n) is 2.84. The number of carboxylic acid groups (broad SMARTS) is 1. The highest BCUT2D eigenvalue weighted by Crippen LogP contribution is 2.44. The first-order chi connectivity index (χ1) is 11.6. The largest absolute Gasteiger partial charge is 0.480 e. The summed E-state index contributed by atoms with van der Waals surface area (Å²) >= 11 is 0. The second-order valence-corrected chi connectivity index (χ2v) is 5.40. The molecule has 1 aliphatic rings. The summed E-state index contributed by atoms with van der Waals surface area (Å²) in [5.74, 6) is 1.03. The molecule has 0 aromatic heterocycles.